The molecule has 2 unspecified atom stereocenters. The van der Waals surface area contributed by atoms with Crippen LogP contribution in [0.25, 0.3) is 0 Å². The van der Waals surface area contributed by atoms with Crippen LogP contribution in [-0.4, -0.2) is 55.6 Å². The van der Waals surface area contributed by atoms with Crippen molar-refractivity contribution in [1.29, 1.82) is 0 Å². The maximum atomic E-state index is 11.9. The van der Waals surface area contributed by atoms with Crippen LogP contribution in [0, 0.1) is 0 Å². The van der Waals surface area contributed by atoms with Crippen LogP contribution in [0.4, 0.5) is 0 Å². The van der Waals surface area contributed by atoms with E-state index in [9.17, 15) is 9.59 Å². The molecule has 0 aromatic heterocycles. The van der Waals surface area contributed by atoms with E-state index in [0.29, 0.717) is 13.1 Å². The summed E-state index contributed by atoms with van der Waals surface area (Å²) in [7, 11) is 1.41. The van der Waals surface area contributed by atoms with Crippen molar-refractivity contribution in [3.8, 4) is 0 Å². The number of nitrogens with one attached hydrogen (secondary N) is 1. The molecule has 17 heavy (non-hydrogen) atoms. The fourth-order valence-electron chi connectivity index (χ4n) is 1.49. The lowest BCUT2D eigenvalue weighted by molar-refractivity contribution is -0.138. The predicted molar refractivity (Wildman–Crippen MR) is 65.4 cm³/mol. The molecule has 0 aliphatic rings. The number of methoxy groups -OCH3 is 1. The molecule has 0 radical (unpaired) electrons. The van der Waals surface area contributed by atoms with Crippen molar-refractivity contribution in [3.05, 3.63) is 0 Å². The van der Waals surface area contributed by atoms with Gasteiger partial charge in [0.1, 0.15) is 12.1 Å². The lowest BCUT2D eigenvalue weighted by Gasteiger charge is -2.24. The summed E-state index contributed by atoms with van der Waals surface area (Å²) < 4.78 is 4.89. The first-order valence-electron chi connectivity index (χ1n) is 5.83. The number of amides is 2. The number of ether oxygens (including phenoxy) is 1. The first-order chi connectivity index (χ1) is 8.01. The van der Waals surface area contributed by atoms with E-state index in [1.165, 1.54) is 7.11 Å². The maximum Gasteiger partial charge on any atom is 0.251 e. The molecule has 0 saturated carbocycles. The van der Waals surface area contributed by atoms with Gasteiger partial charge in [0.05, 0.1) is 0 Å². The first-order valence-corrected chi connectivity index (χ1v) is 5.83. The van der Waals surface area contributed by atoms with Gasteiger partial charge in [-0.05, 0) is 20.8 Å². The number of hydrogen-bond donors (Lipinski definition) is 2. The van der Waals surface area contributed by atoms with Gasteiger partial charge in [-0.25, -0.2) is 0 Å². The Hall–Kier alpha value is -1.14. The Balaban J connectivity index is 4.38. The third kappa shape index (κ3) is 4.70. The summed E-state index contributed by atoms with van der Waals surface area (Å²) in [6.45, 7) is 6.79. The standard InChI is InChI=1S/C11H23N3O3/c1-5-14(6-2)11(16)8(3)13-10(15)9(7-12)17-4/h8-9H,5-7,12H2,1-4H3,(H,13,15). The summed E-state index contributed by atoms with van der Waals surface area (Å²) in [5.41, 5.74) is 5.37. The Bertz CT molecular complexity index is 250. The zero-order valence-corrected chi connectivity index (χ0v) is 11.0. The highest BCUT2D eigenvalue weighted by atomic mass is 16.5. The van der Waals surface area contributed by atoms with Crippen LogP contribution in [0.15, 0.2) is 0 Å². The number of carbonyl (C=O) groups is 2. The number of nitrogens with zero attached hydrogens (tertiary/aromatic N) is 1. The molecule has 0 aromatic carbocycles. The van der Waals surface area contributed by atoms with E-state index >= 15 is 0 Å². The molecule has 0 fully saturated rings. The van der Waals surface area contributed by atoms with Crippen molar-refractivity contribution < 1.29 is 14.3 Å². The quantitative estimate of drug-likeness (QED) is 0.623. The lowest BCUT2D eigenvalue weighted by atomic mass is 10.2. The molecule has 0 rings (SSSR count). The van der Waals surface area contributed by atoms with Crippen molar-refractivity contribution >= 4 is 11.8 Å². The minimum absolute atomic E-state index is 0.0918. The third-order valence-electron chi connectivity index (χ3n) is 2.60. The normalized spacial score (nSPS) is 13.9. The molecule has 0 aliphatic heterocycles. The highest BCUT2D eigenvalue weighted by Gasteiger charge is 2.23. The van der Waals surface area contributed by atoms with E-state index in [0.717, 1.165) is 0 Å². The van der Waals surface area contributed by atoms with E-state index in [4.69, 9.17) is 10.5 Å². The molecule has 0 heterocycles. The van der Waals surface area contributed by atoms with E-state index in [2.05, 4.69) is 5.32 Å². The van der Waals surface area contributed by atoms with Gasteiger partial charge in [-0.15, -0.1) is 0 Å². The summed E-state index contributed by atoms with van der Waals surface area (Å²) in [6.07, 6.45) is -0.707. The van der Waals surface area contributed by atoms with E-state index in [1.54, 1.807) is 11.8 Å². The Morgan fingerprint density at radius 2 is 1.88 bits per heavy atom. The number of nitrogens with two attached hydrogens (primary N) is 1. The average molecular weight is 245 g/mol. The van der Waals surface area contributed by atoms with Crippen LogP contribution in [0.1, 0.15) is 20.8 Å². The van der Waals surface area contributed by atoms with Crippen molar-refractivity contribution in [1.82, 2.24) is 10.2 Å². The van der Waals surface area contributed by atoms with Gasteiger partial charge in [-0.2, -0.15) is 0 Å². The Morgan fingerprint density at radius 3 is 2.24 bits per heavy atom. The third-order valence-corrected chi connectivity index (χ3v) is 2.60. The van der Waals surface area contributed by atoms with Crippen LogP contribution in [0.5, 0.6) is 0 Å². The highest BCUT2D eigenvalue weighted by Crippen LogP contribution is 1.96. The monoisotopic (exact) mass is 245 g/mol. The molecule has 0 bridgehead atoms. The Morgan fingerprint density at radius 1 is 1.35 bits per heavy atom. The largest absolute Gasteiger partial charge is 0.370 e. The maximum absolute atomic E-state index is 11.9. The summed E-state index contributed by atoms with van der Waals surface area (Å²) >= 11 is 0. The van der Waals surface area contributed by atoms with Gasteiger partial charge >= 0.3 is 0 Å². The van der Waals surface area contributed by atoms with Crippen molar-refractivity contribution in [2.45, 2.75) is 32.9 Å². The highest BCUT2D eigenvalue weighted by molar-refractivity contribution is 5.89. The van der Waals surface area contributed by atoms with E-state index < -0.39 is 12.1 Å². The van der Waals surface area contributed by atoms with Gasteiger partial charge in [0, 0.05) is 26.7 Å². The van der Waals surface area contributed by atoms with Crippen molar-refractivity contribution in [2.75, 3.05) is 26.7 Å². The van der Waals surface area contributed by atoms with Crippen molar-refractivity contribution in [2.24, 2.45) is 5.73 Å². The molecule has 0 aliphatic carbocycles. The molecule has 6 nitrogen and oxygen atoms in total. The molecule has 3 N–H and O–H groups in total. The summed E-state index contributed by atoms with van der Waals surface area (Å²) in [4.78, 5) is 25.2. The molecular formula is C11H23N3O3. The van der Waals surface area contributed by atoms with Gasteiger partial charge < -0.3 is 20.7 Å². The summed E-state index contributed by atoms with van der Waals surface area (Å²) in [6, 6.07) is -0.563. The Kier molecular flexibility index (Phi) is 7.49. The van der Waals surface area contributed by atoms with Gasteiger partial charge in [0.25, 0.3) is 5.91 Å². The lowest BCUT2D eigenvalue weighted by Crippen LogP contribution is -2.51. The van der Waals surface area contributed by atoms with Gasteiger partial charge in [-0.1, -0.05) is 0 Å². The molecule has 2 atom stereocenters. The van der Waals surface area contributed by atoms with Crippen LogP contribution < -0.4 is 11.1 Å². The van der Waals surface area contributed by atoms with Crippen LogP contribution >= 0.6 is 0 Å². The van der Waals surface area contributed by atoms with Gasteiger partial charge in [0.2, 0.25) is 5.91 Å². The molecule has 6 heteroatoms. The second kappa shape index (κ2) is 8.03. The predicted octanol–water partition coefficient (Wildman–Crippen LogP) is -0.667. The second-order valence-corrected chi connectivity index (χ2v) is 3.70. The van der Waals surface area contributed by atoms with Crippen LogP contribution in [-0.2, 0) is 14.3 Å². The number of hydrogen-bond acceptors (Lipinski definition) is 4. The van der Waals surface area contributed by atoms with E-state index in [-0.39, 0.29) is 18.4 Å². The molecule has 0 spiro atoms. The smallest absolute Gasteiger partial charge is 0.251 e. The number of likely N-dealkylation sites (N-methyl/N-ethyl adjacent to an activating group) is 1. The number of rotatable bonds is 7. The molecule has 0 aromatic rings. The average Bonchev–Trinajstić information content (AvgIpc) is 2.31. The summed E-state index contributed by atoms with van der Waals surface area (Å²) in [5, 5.41) is 2.60. The van der Waals surface area contributed by atoms with Crippen LogP contribution in [0.2, 0.25) is 0 Å². The van der Waals surface area contributed by atoms with Gasteiger partial charge in [0.15, 0.2) is 0 Å². The molecule has 100 valence electrons. The fraction of sp³-hybridized carbons (Fsp3) is 0.818. The van der Waals surface area contributed by atoms with Crippen LogP contribution in [0.3, 0.4) is 0 Å². The first kappa shape index (κ1) is 15.9. The minimum Gasteiger partial charge on any atom is -0.370 e. The summed E-state index contributed by atoms with van der Waals surface area (Å²) in [5.74, 6) is -0.460. The minimum atomic E-state index is -0.707. The van der Waals surface area contributed by atoms with Gasteiger partial charge in [-0.3, -0.25) is 9.59 Å². The zero-order valence-electron chi connectivity index (χ0n) is 11.0. The fourth-order valence-corrected chi connectivity index (χ4v) is 1.49. The molecular weight excluding hydrogens is 222 g/mol. The van der Waals surface area contributed by atoms with Crippen molar-refractivity contribution in [3.63, 3.8) is 0 Å². The SMILES string of the molecule is CCN(CC)C(=O)C(C)NC(=O)C(CN)OC. The molecule has 2 amide bonds. The zero-order chi connectivity index (χ0) is 13.4. The molecule has 0 saturated heterocycles. The topological polar surface area (TPSA) is 84.7 Å². The second-order valence-electron chi connectivity index (χ2n) is 3.70. The van der Waals surface area contributed by atoms with E-state index in [1.807, 2.05) is 13.8 Å². The Labute approximate surface area is 102 Å². The number of carbonyl (C=O) groups excluding carboxylic acids is 2.